The number of methoxy groups -OCH3 is 2. The Hall–Kier alpha value is -1.80. The van der Waals surface area contributed by atoms with Gasteiger partial charge in [-0.15, -0.1) is 0 Å². The Balaban J connectivity index is 2.58. The van der Waals surface area contributed by atoms with Crippen LogP contribution < -0.4 is 5.32 Å². The van der Waals surface area contributed by atoms with E-state index in [2.05, 4.69) is 5.32 Å². The van der Waals surface area contributed by atoms with Gasteiger partial charge in [0.2, 0.25) is 17.6 Å². The summed E-state index contributed by atoms with van der Waals surface area (Å²) in [6.45, 7) is 1.17. The summed E-state index contributed by atoms with van der Waals surface area (Å²) in [5.74, 6) is -4.94. The molecule has 1 heterocycles. The molecule has 1 aliphatic rings. The van der Waals surface area contributed by atoms with Crippen LogP contribution in [0.2, 0.25) is 0 Å². The number of ketones is 1. The van der Waals surface area contributed by atoms with Crippen LogP contribution in [0, 0.1) is 5.92 Å². The van der Waals surface area contributed by atoms with E-state index in [1.54, 1.807) is 0 Å². The van der Waals surface area contributed by atoms with Crippen molar-refractivity contribution in [1.82, 2.24) is 10.2 Å². The Morgan fingerprint density at radius 3 is 2.38 bits per heavy atom. The maximum absolute atomic E-state index is 12.0. The number of carbonyl (C=O) groups excluding carboxylic acids is 4. The Bertz CT molecular complexity index is 423. The second-order valence-electron chi connectivity index (χ2n) is 4.58. The third-order valence-electron chi connectivity index (χ3n) is 3.05. The van der Waals surface area contributed by atoms with Crippen LogP contribution in [-0.4, -0.2) is 68.9 Å². The van der Waals surface area contributed by atoms with Crippen molar-refractivity contribution in [3.63, 3.8) is 0 Å². The number of nitrogens with one attached hydrogen (secondary N) is 1. The summed E-state index contributed by atoms with van der Waals surface area (Å²) < 4.78 is 9.65. The Labute approximate surface area is 122 Å². The van der Waals surface area contributed by atoms with Crippen LogP contribution in [0.3, 0.4) is 0 Å². The lowest BCUT2D eigenvalue weighted by Gasteiger charge is -2.13. The van der Waals surface area contributed by atoms with Crippen LogP contribution in [0.15, 0.2) is 0 Å². The van der Waals surface area contributed by atoms with Gasteiger partial charge in [0, 0.05) is 40.5 Å². The average molecular weight is 300 g/mol. The topological polar surface area (TPSA) is 102 Å². The highest BCUT2D eigenvalue weighted by molar-refractivity contribution is 6.52. The summed E-state index contributed by atoms with van der Waals surface area (Å²) in [4.78, 5) is 48.2. The molecular weight excluding hydrogens is 280 g/mol. The van der Waals surface area contributed by atoms with Crippen LogP contribution >= 0.6 is 0 Å². The first-order valence-corrected chi connectivity index (χ1v) is 6.69. The van der Waals surface area contributed by atoms with Gasteiger partial charge in [0.05, 0.1) is 0 Å². The smallest absolute Gasteiger partial charge is 0.297 e. The van der Waals surface area contributed by atoms with E-state index in [1.165, 1.54) is 14.2 Å². The molecule has 0 aromatic rings. The van der Waals surface area contributed by atoms with Gasteiger partial charge in [-0.1, -0.05) is 0 Å². The van der Waals surface area contributed by atoms with E-state index >= 15 is 0 Å². The molecule has 0 aromatic carbocycles. The van der Waals surface area contributed by atoms with Crippen molar-refractivity contribution in [1.29, 1.82) is 0 Å². The third-order valence-corrected chi connectivity index (χ3v) is 3.05. The summed E-state index contributed by atoms with van der Waals surface area (Å²) in [6.07, 6.45) is 0.978. The first kappa shape index (κ1) is 17.3. The van der Waals surface area contributed by atoms with Crippen molar-refractivity contribution in [3.8, 4) is 0 Å². The zero-order valence-electron chi connectivity index (χ0n) is 12.2. The largest absolute Gasteiger partial charge is 0.385 e. The Morgan fingerprint density at radius 2 is 1.76 bits per heavy atom. The van der Waals surface area contributed by atoms with Gasteiger partial charge in [0.1, 0.15) is 0 Å². The highest BCUT2D eigenvalue weighted by atomic mass is 16.5. The highest BCUT2D eigenvalue weighted by Crippen LogP contribution is 2.17. The molecule has 21 heavy (non-hydrogen) atoms. The second kappa shape index (κ2) is 8.48. The van der Waals surface area contributed by atoms with Crippen molar-refractivity contribution >= 4 is 23.5 Å². The Morgan fingerprint density at radius 1 is 1.14 bits per heavy atom. The SMILES string of the molecule is COCCCNC(=O)C1C(=O)C(=O)N(CCCOC)C1=O. The van der Waals surface area contributed by atoms with Crippen molar-refractivity contribution in [2.75, 3.05) is 40.5 Å². The Kier molecular flexibility index (Phi) is 6.97. The minimum absolute atomic E-state index is 0.0741. The van der Waals surface area contributed by atoms with Crippen LogP contribution in [-0.2, 0) is 28.7 Å². The minimum Gasteiger partial charge on any atom is -0.385 e. The summed E-state index contributed by atoms with van der Waals surface area (Å²) >= 11 is 0. The first-order valence-electron chi connectivity index (χ1n) is 6.69. The molecule has 0 radical (unpaired) electrons. The molecule has 8 heteroatoms. The number of imide groups is 1. The van der Waals surface area contributed by atoms with E-state index in [1.807, 2.05) is 0 Å². The van der Waals surface area contributed by atoms with Gasteiger partial charge in [0.15, 0.2) is 5.92 Å². The van der Waals surface area contributed by atoms with Crippen molar-refractivity contribution in [2.45, 2.75) is 12.8 Å². The van der Waals surface area contributed by atoms with Gasteiger partial charge >= 0.3 is 0 Å². The number of Topliss-reactive ketones (excluding diaryl/α,β-unsaturated/α-hetero) is 1. The molecule has 0 aliphatic carbocycles. The predicted molar refractivity (Wildman–Crippen MR) is 71.2 cm³/mol. The second-order valence-corrected chi connectivity index (χ2v) is 4.58. The molecule has 1 unspecified atom stereocenters. The van der Waals surface area contributed by atoms with Gasteiger partial charge < -0.3 is 14.8 Å². The van der Waals surface area contributed by atoms with E-state index in [4.69, 9.17) is 9.47 Å². The van der Waals surface area contributed by atoms with Gasteiger partial charge in [-0.05, 0) is 12.8 Å². The lowest BCUT2D eigenvalue weighted by molar-refractivity contribution is -0.143. The lowest BCUT2D eigenvalue weighted by Crippen LogP contribution is -2.39. The van der Waals surface area contributed by atoms with Gasteiger partial charge in [-0.3, -0.25) is 24.1 Å². The summed E-state index contributed by atoms with van der Waals surface area (Å²) in [7, 11) is 3.03. The molecule has 1 N–H and O–H groups in total. The number of amides is 3. The van der Waals surface area contributed by atoms with E-state index in [9.17, 15) is 19.2 Å². The first-order chi connectivity index (χ1) is 10.0. The van der Waals surface area contributed by atoms with Crippen molar-refractivity contribution < 1.29 is 28.7 Å². The van der Waals surface area contributed by atoms with E-state index in [0.717, 1.165) is 4.90 Å². The quantitative estimate of drug-likeness (QED) is 0.246. The third kappa shape index (κ3) is 4.33. The molecule has 1 atom stereocenters. The van der Waals surface area contributed by atoms with E-state index < -0.39 is 29.4 Å². The van der Waals surface area contributed by atoms with Gasteiger partial charge in [-0.25, -0.2) is 0 Å². The number of likely N-dealkylation sites (tertiary alicyclic amines) is 1. The zero-order valence-corrected chi connectivity index (χ0v) is 12.2. The number of ether oxygens (including phenoxy) is 2. The van der Waals surface area contributed by atoms with E-state index in [-0.39, 0.29) is 13.1 Å². The zero-order chi connectivity index (χ0) is 15.8. The fourth-order valence-corrected chi connectivity index (χ4v) is 1.96. The summed E-state index contributed by atoms with van der Waals surface area (Å²) in [6, 6.07) is 0. The molecule has 0 spiro atoms. The standard InChI is InChI=1S/C13H20N2O6/c1-20-7-3-5-14-11(17)9-10(16)13(19)15(12(9)18)6-4-8-21-2/h9H,3-8H2,1-2H3,(H,14,17). The molecule has 1 saturated heterocycles. The number of carbonyl (C=O) groups is 4. The molecule has 1 fully saturated rings. The monoisotopic (exact) mass is 300 g/mol. The van der Waals surface area contributed by atoms with Crippen LogP contribution in [0.25, 0.3) is 0 Å². The maximum Gasteiger partial charge on any atom is 0.297 e. The molecule has 1 rings (SSSR count). The van der Waals surface area contributed by atoms with E-state index in [0.29, 0.717) is 26.1 Å². The molecule has 0 bridgehead atoms. The lowest BCUT2D eigenvalue weighted by atomic mass is 10.1. The predicted octanol–water partition coefficient (Wildman–Crippen LogP) is -1.27. The average Bonchev–Trinajstić information content (AvgIpc) is 2.67. The summed E-state index contributed by atoms with van der Waals surface area (Å²) in [5.41, 5.74) is 0. The molecule has 0 aromatic heterocycles. The number of hydrogen-bond acceptors (Lipinski definition) is 6. The van der Waals surface area contributed by atoms with Gasteiger partial charge in [0.25, 0.3) is 5.91 Å². The number of nitrogens with zero attached hydrogens (tertiary/aromatic N) is 1. The molecule has 118 valence electrons. The molecule has 0 saturated carbocycles. The fraction of sp³-hybridized carbons (Fsp3) is 0.692. The molecule has 8 nitrogen and oxygen atoms in total. The minimum atomic E-state index is -1.55. The molecular formula is C13H20N2O6. The molecule has 1 aliphatic heterocycles. The van der Waals surface area contributed by atoms with Crippen LogP contribution in [0.4, 0.5) is 0 Å². The molecule has 3 amide bonds. The van der Waals surface area contributed by atoms with Gasteiger partial charge in [-0.2, -0.15) is 0 Å². The number of rotatable bonds is 9. The summed E-state index contributed by atoms with van der Waals surface area (Å²) in [5, 5.41) is 2.46. The maximum atomic E-state index is 12.0. The highest BCUT2D eigenvalue weighted by Gasteiger charge is 2.50. The van der Waals surface area contributed by atoms with Crippen molar-refractivity contribution in [3.05, 3.63) is 0 Å². The normalized spacial score (nSPS) is 18.5. The van der Waals surface area contributed by atoms with Crippen LogP contribution in [0.5, 0.6) is 0 Å². The number of hydrogen-bond donors (Lipinski definition) is 1. The fourth-order valence-electron chi connectivity index (χ4n) is 1.96. The van der Waals surface area contributed by atoms with Crippen molar-refractivity contribution in [2.24, 2.45) is 5.92 Å². The van der Waals surface area contributed by atoms with Crippen LogP contribution in [0.1, 0.15) is 12.8 Å².